The molecule has 3 aromatic rings. The van der Waals surface area contributed by atoms with Gasteiger partial charge in [0.05, 0.1) is 30.2 Å². The molecule has 5 rings (SSSR count). The number of esters is 1. The number of β-lactam (4-membered cyclic amide) rings is 1. The number of benzene rings is 3. The van der Waals surface area contributed by atoms with E-state index in [4.69, 9.17) is 4.74 Å². The van der Waals surface area contributed by atoms with E-state index in [2.05, 4.69) is 0 Å². The van der Waals surface area contributed by atoms with Crippen LogP contribution < -0.4 is 9.80 Å². The van der Waals surface area contributed by atoms with Crippen molar-refractivity contribution >= 4 is 40.8 Å². The second-order valence-corrected chi connectivity index (χ2v) is 11.8. The van der Waals surface area contributed by atoms with Crippen molar-refractivity contribution in [3.63, 3.8) is 0 Å². The molecule has 13 nitrogen and oxygen atoms in total. The molecule has 1 unspecified atom stereocenters. The first-order chi connectivity index (χ1) is 22.9. The molecule has 2 aliphatic heterocycles. The molecular weight excluding hydrogens is 620 g/mol. The van der Waals surface area contributed by atoms with Gasteiger partial charge in [-0.15, -0.1) is 0 Å². The van der Waals surface area contributed by atoms with Crippen LogP contribution in [0.3, 0.4) is 0 Å². The fraction of sp³-hybridized carbons (Fsp3) is 0.314. The number of nitrogens with zero attached hydrogens (tertiary/aromatic N) is 4. The second-order valence-electron chi connectivity index (χ2n) is 11.8. The molecule has 2 heterocycles. The zero-order valence-corrected chi connectivity index (χ0v) is 26.5. The molecule has 3 atom stereocenters. The van der Waals surface area contributed by atoms with Crippen LogP contribution in [0.15, 0.2) is 84.9 Å². The van der Waals surface area contributed by atoms with Crippen molar-refractivity contribution in [1.82, 2.24) is 4.90 Å². The average Bonchev–Trinajstić information content (AvgIpc) is 3.27. The van der Waals surface area contributed by atoms with E-state index >= 15 is 0 Å². The minimum atomic E-state index is -2.17. The quantitative estimate of drug-likeness (QED) is 0.0918. The molecule has 2 aliphatic rings. The number of amides is 3. The van der Waals surface area contributed by atoms with Crippen molar-refractivity contribution in [2.75, 3.05) is 23.0 Å². The molecule has 1 fully saturated rings. The van der Waals surface area contributed by atoms with Gasteiger partial charge in [0.15, 0.2) is 11.8 Å². The molecule has 2 N–H and O–H groups in total. The van der Waals surface area contributed by atoms with Gasteiger partial charge in [0.25, 0.3) is 11.6 Å². The fourth-order valence-electron chi connectivity index (χ4n) is 5.99. The summed E-state index contributed by atoms with van der Waals surface area (Å²) < 4.78 is 5.17. The van der Waals surface area contributed by atoms with E-state index in [9.17, 15) is 39.5 Å². The van der Waals surface area contributed by atoms with Crippen LogP contribution in [0, 0.1) is 16.0 Å². The topological polar surface area (TPSA) is 171 Å². The maximum Gasteiger partial charge on any atom is 0.304 e. The summed E-state index contributed by atoms with van der Waals surface area (Å²) in [7, 11) is 0. The number of aliphatic hydroxyl groups is 2. The summed E-state index contributed by atoms with van der Waals surface area (Å²) in [4.78, 5) is 65.9. The van der Waals surface area contributed by atoms with E-state index in [1.54, 1.807) is 43.3 Å². The molecule has 0 bridgehead atoms. The average molecular weight is 657 g/mol. The third kappa shape index (κ3) is 6.82. The predicted octanol–water partition coefficient (Wildman–Crippen LogP) is 3.56. The summed E-state index contributed by atoms with van der Waals surface area (Å²) >= 11 is 0. The van der Waals surface area contributed by atoms with Gasteiger partial charge in [0.2, 0.25) is 11.8 Å². The van der Waals surface area contributed by atoms with E-state index in [0.29, 0.717) is 23.5 Å². The Labute approximate surface area is 276 Å². The Balaban J connectivity index is 1.35. The molecular formula is C35H36N4O9. The Morgan fingerprint density at radius 1 is 1.10 bits per heavy atom. The summed E-state index contributed by atoms with van der Waals surface area (Å²) in [6, 6.07) is 19.9. The number of hydrogen-bond acceptors (Lipinski definition) is 9. The summed E-state index contributed by atoms with van der Waals surface area (Å²) in [5.41, 5.74) is -0.0291. The number of nitro benzene ring substituents is 1. The first-order valence-corrected chi connectivity index (χ1v) is 15.4. The van der Waals surface area contributed by atoms with Crippen LogP contribution in [0.2, 0.25) is 0 Å². The van der Waals surface area contributed by atoms with Crippen LogP contribution in [0.4, 0.5) is 17.1 Å². The number of aliphatic hydroxyl groups excluding tert-OH is 1. The Bertz CT molecular complexity index is 1740. The van der Waals surface area contributed by atoms with Crippen molar-refractivity contribution in [2.45, 2.75) is 51.6 Å². The minimum Gasteiger partial charge on any atom is -0.441 e. The summed E-state index contributed by atoms with van der Waals surface area (Å²) in [5, 5.41) is 33.1. The molecule has 13 heteroatoms. The third-order valence-corrected chi connectivity index (χ3v) is 8.54. The monoisotopic (exact) mass is 656 g/mol. The fourth-order valence-corrected chi connectivity index (χ4v) is 5.99. The first kappa shape index (κ1) is 33.9. The van der Waals surface area contributed by atoms with Gasteiger partial charge in [0, 0.05) is 55.7 Å². The smallest absolute Gasteiger partial charge is 0.304 e. The van der Waals surface area contributed by atoms with Crippen LogP contribution in [0.5, 0.6) is 0 Å². The maximum atomic E-state index is 14.0. The Hall–Kier alpha value is -5.40. The molecule has 48 heavy (non-hydrogen) atoms. The SMILES string of the molecule is CC(=O)OC1CC(=O)N1c1ccc(CN2C(=O)[C@@](O)([C@@H](C)/C=C/CC(=O)N(CCO)Cc3ccccc3)c3cc([N+](=O)[O-])ccc32)cc1. The minimum absolute atomic E-state index is 0.0120. The summed E-state index contributed by atoms with van der Waals surface area (Å²) in [5.74, 6) is -2.55. The standard InChI is InChI=1S/C35H36N4O9/c1-23(7-6-10-31(42)36(17-18-40)21-25-8-4-3-5-9-25)35(45)29-19-28(39(46)47)15-16-30(29)37(34(35)44)22-26-11-13-27(14-12-26)38-32(43)20-33(38)48-24(2)41/h3-9,11-16,19,23,33,40,45H,10,17-18,20-22H2,1-2H3/b7-6+/t23-,33?,35+/m0/s1. The van der Waals surface area contributed by atoms with E-state index in [1.165, 1.54) is 39.8 Å². The molecule has 1 saturated heterocycles. The highest BCUT2D eigenvalue weighted by molar-refractivity contribution is 6.07. The predicted molar refractivity (Wildman–Crippen MR) is 174 cm³/mol. The lowest BCUT2D eigenvalue weighted by atomic mass is 9.82. The van der Waals surface area contributed by atoms with Crippen molar-refractivity contribution in [3.8, 4) is 0 Å². The van der Waals surface area contributed by atoms with Crippen LogP contribution in [-0.2, 0) is 42.6 Å². The lowest BCUT2D eigenvalue weighted by Crippen LogP contribution is -2.54. The van der Waals surface area contributed by atoms with Crippen LogP contribution in [0.1, 0.15) is 43.4 Å². The largest absolute Gasteiger partial charge is 0.441 e. The van der Waals surface area contributed by atoms with Gasteiger partial charge in [-0.05, 0) is 29.3 Å². The van der Waals surface area contributed by atoms with Gasteiger partial charge in [-0.25, -0.2) is 0 Å². The lowest BCUT2D eigenvalue weighted by Gasteiger charge is -2.39. The number of fused-ring (bicyclic) bond motifs is 1. The van der Waals surface area contributed by atoms with Crippen molar-refractivity contribution in [1.29, 1.82) is 0 Å². The van der Waals surface area contributed by atoms with E-state index in [-0.39, 0.29) is 55.6 Å². The number of ether oxygens (including phenoxy) is 1. The normalized spacial score (nSPS) is 19.2. The molecule has 3 amide bonds. The van der Waals surface area contributed by atoms with Gasteiger partial charge in [-0.2, -0.15) is 0 Å². The molecule has 250 valence electrons. The Kier molecular flexibility index (Phi) is 10.0. The summed E-state index contributed by atoms with van der Waals surface area (Å²) in [6.45, 7) is 3.10. The zero-order chi connectivity index (χ0) is 34.6. The Morgan fingerprint density at radius 3 is 2.44 bits per heavy atom. The van der Waals surface area contributed by atoms with Crippen LogP contribution >= 0.6 is 0 Å². The van der Waals surface area contributed by atoms with Gasteiger partial charge in [0.1, 0.15) is 0 Å². The van der Waals surface area contributed by atoms with E-state index < -0.39 is 34.5 Å². The number of carbonyl (C=O) groups is 4. The van der Waals surface area contributed by atoms with Gasteiger partial charge in [-0.1, -0.05) is 61.5 Å². The molecule has 3 aromatic carbocycles. The van der Waals surface area contributed by atoms with E-state index in [0.717, 1.165) is 5.56 Å². The van der Waals surface area contributed by atoms with Crippen LogP contribution in [-0.4, -0.2) is 63.1 Å². The van der Waals surface area contributed by atoms with Crippen molar-refractivity contribution < 1.29 is 39.1 Å². The molecule has 0 radical (unpaired) electrons. The zero-order valence-electron chi connectivity index (χ0n) is 26.5. The number of hydrogen-bond donors (Lipinski definition) is 2. The van der Waals surface area contributed by atoms with Crippen LogP contribution in [0.25, 0.3) is 0 Å². The highest BCUT2D eigenvalue weighted by Gasteiger charge is 2.53. The van der Waals surface area contributed by atoms with Gasteiger partial charge >= 0.3 is 5.97 Å². The number of non-ortho nitro benzene ring substituents is 1. The number of rotatable bonds is 13. The Morgan fingerprint density at radius 2 is 1.81 bits per heavy atom. The molecule has 0 aromatic heterocycles. The molecule has 0 aliphatic carbocycles. The van der Waals surface area contributed by atoms with Crippen molar-refractivity contribution in [2.24, 2.45) is 5.92 Å². The van der Waals surface area contributed by atoms with Gasteiger partial charge < -0.3 is 24.7 Å². The van der Waals surface area contributed by atoms with E-state index in [1.807, 2.05) is 30.3 Å². The number of nitro groups is 1. The number of anilines is 2. The highest BCUT2D eigenvalue weighted by Crippen LogP contribution is 2.47. The first-order valence-electron chi connectivity index (χ1n) is 15.4. The lowest BCUT2D eigenvalue weighted by molar-refractivity contribution is -0.385. The second kappa shape index (κ2) is 14.2. The highest BCUT2D eigenvalue weighted by atomic mass is 16.6. The number of carbonyl (C=O) groups excluding carboxylic acids is 4. The third-order valence-electron chi connectivity index (χ3n) is 8.54. The van der Waals surface area contributed by atoms with Gasteiger partial charge in [-0.3, -0.25) is 34.2 Å². The molecule has 0 saturated carbocycles. The maximum absolute atomic E-state index is 14.0. The van der Waals surface area contributed by atoms with Crippen molar-refractivity contribution in [3.05, 3.63) is 112 Å². The molecule has 0 spiro atoms. The summed E-state index contributed by atoms with van der Waals surface area (Å²) in [6.07, 6.45) is 2.43.